The molecule has 0 fully saturated rings. The maximum atomic E-state index is 6.36. The van der Waals surface area contributed by atoms with Crippen molar-refractivity contribution in [1.82, 2.24) is 0 Å². The van der Waals surface area contributed by atoms with E-state index in [4.69, 9.17) is 4.74 Å². The van der Waals surface area contributed by atoms with E-state index in [1.807, 2.05) is 0 Å². The Morgan fingerprint density at radius 2 is 2.00 bits per heavy atom. The lowest BCUT2D eigenvalue weighted by Crippen LogP contribution is -2.50. The lowest BCUT2D eigenvalue weighted by molar-refractivity contribution is -0.710. The van der Waals surface area contributed by atoms with Crippen LogP contribution in [-0.2, 0) is 6.42 Å². The second kappa shape index (κ2) is 6.05. The van der Waals surface area contributed by atoms with Gasteiger partial charge in [0.1, 0.15) is 0 Å². The predicted octanol–water partition coefficient (Wildman–Crippen LogP) is 4.59. The molecule has 2 heterocycles. The van der Waals surface area contributed by atoms with Gasteiger partial charge in [0.25, 0.3) is 5.52 Å². The molecule has 0 saturated heterocycles. The molecule has 3 rings (SSSR count). The van der Waals surface area contributed by atoms with Crippen LogP contribution in [0.5, 0.6) is 5.75 Å². The molecule has 0 aliphatic carbocycles. The minimum atomic E-state index is 0.291. The summed E-state index contributed by atoms with van der Waals surface area (Å²) in [6.45, 7) is 6.72. The molecule has 0 amide bonds. The lowest BCUT2D eigenvalue weighted by atomic mass is 9.99. The molecule has 0 radical (unpaired) electrons. The van der Waals surface area contributed by atoms with Crippen LogP contribution < -0.4 is 9.30 Å². The molecular weight excluding hydrogens is 258 g/mol. The normalized spacial score (nSPS) is 20.5. The molecule has 21 heavy (non-hydrogen) atoms. The molecule has 2 nitrogen and oxygen atoms in total. The fraction of sp³-hybridized carbons (Fsp3) is 0.526. The largest absolute Gasteiger partial charge is 0.477 e. The van der Waals surface area contributed by atoms with Crippen LogP contribution in [0.15, 0.2) is 30.5 Å². The van der Waals surface area contributed by atoms with Crippen molar-refractivity contribution < 1.29 is 9.30 Å². The van der Waals surface area contributed by atoms with Crippen LogP contribution in [0.25, 0.3) is 10.9 Å². The van der Waals surface area contributed by atoms with E-state index in [0.29, 0.717) is 12.1 Å². The molecule has 1 aliphatic rings. The zero-order valence-electron chi connectivity index (χ0n) is 13.4. The van der Waals surface area contributed by atoms with Crippen LogP contribution in [0.4, 0.5) is 0 Å². The first-order valence-electron chi connectivity index (χ1n) is 8.41. The number of benzene rings is 1. The summed E-state index contributed by atoms with van der Waals surface area (Å²) in [4.78, 5) is 0. The number of unbranched alkanes of at least 4 members (excludes halogenated alkanes) is 1. The highest BCUT2D eigenvalue weighted by Crippen LogP contribution is 2.33. The smallest absolute Gasteiger partial charge is 0.255 e. The maximum Gasteiger partial charge on any atom is 0.255 e. The summed E-state index contributed by atoms with van der Waals surface area (Å²) in [6.07, 6.45) is 8.30. The number of hydrogen-bond donors (Lipinski definition) is 0. The average molecular weight is 284 g/mol. The van der Waals surface area contributed by atoms with Crippen LogP contribution >= 0.6 is 0 Å². The third-order valence-electron chi connectivity index (χ3n) is 4.65. The van der Waals surface area contributed by atoms with Crippen molar-refractivity contribution in [2.45, 2.75) is 65.0 Å². The number of ether oxygens (including phenoxy) is 1. The van der Waals surface area contributed by atoms with Gasteiger partial charge in [-0.25, -0.2) is 0 Å². The van der Waals surface area contributed by atoms with E-state index >= 15 is 0 Å². The van der Waals surface area contributed by atoms with Gasteiger partial charge in [0.05, 0.1) is 5.39 Å². The second-order valence-electron chi connectivity index (χ2n) is 6.09. The summed E-state index contributed by atoms with van der Waals surface area (Å²) in [5, 5.41) is 1.31. The first-order chi connectivity index (χ1) is 10.3. The van der Waals surface area contributed by atoms with Gasteiger partial charge in [-0.15, -0.1) is 0 Å². The molecule has 0 saturated carbocycles. The van der Waals surface area contributed by atoms with Crippen molar-refractivity contribution in [2.75, 3.05) is 0 Å². The van der Waals surface area contributed by atoms with Crippen molar-refractivity contribution in [2.24, 2.45) is 0 Å². The highest BCUT2D eigenvalue weighted by Gasteiger charge is 2.36. The average Bonchev–Trinajstić information content (AvgIpc) is 2.52. The van der Waals surface area contributed by atoms with Gasteiger partial charge in [-0.2, -0.15) is 4.57 Å². The minimum absolute atomic E-state index is 0.291. The van der Waals surface area contributed by atoms with E-state index in [1.165, 1.54) is 29.3 Å². The molecular formula is C19H26NO+. The lowest BCUT2D eigenvalue weighted by Gasteiger charge is -2.28. The van der Waals surface area contributed by atoms with E-state index in [9.17, 15) is 0 Å². The van der Waals surface area contributed by atoms with Crippen molar-refractivity contribution in [3.63, 3.8) is 0 Å². The van der Waals surface area contributed by atoms with Crippen molar-refractivity contribution >= 4 is 10.9 Å². The maximum absolute atomic E-state index is 6.36. The Hall–Kier alpha value is -1.57. The molecule has 0 spiro atoms. The van der Waals surface area contributed by atoms with E-state index < -0.39 is 0 Å². The Kier molecular flexibility index (Phi) is 4.14. The Labute approximate surface area is 127 Å². The molecule has 0 bridgehead atoms. The number of hydrogen-bond acceptors (Lipinski definition) is 1. The van der Waals surface area contributed by atoms with Crippen LogP contribution in [0.2, 0.25) is 0 Å². The third kappa shape index (κ3) is 2.52. The van der Waals surface area contributed by atoms with Gasteiger partial charge >= 0.3 is 0 Å². The minimum Gasteiger partial charge on any atom is -0.477 e. The van der Waals surface area contributed by atoms with Crippen molar-refractivity contribution in [1.29, 1.82) is 0 Å². The van der Waals surface area contributed by atoms with Gasteiger partial charge in [0.15, 0.2) is 24.1 Å². The van der Waals surface area contributed by atoms with Crippen molar-refractivity contribution in [3.8, 4) is 5.75 Å². The van der Waals surface area contributed by atoms with Gasteiger partial charge in [-0.3, -0.25) is 0 Å². The van der Waals surface area contributed by atoms with Crippen LogP contribution in [0.1, 0.15) is 58.1 Å². The standard InChI is InChI=1S/C19H26NO/c1-4-7-9-14-12-15-10-8-11-20-16(5-2)17(6-3)21-18(13-14)19(15)20/h8,10-13,16-17H,4-7,9H2,1-3H3/q+1. The SMILES string of the molecule is CCCCc1cc2c3c(ccc[n+]3C(CC)C(CC)O2)c1. The summed E-state index contributed by atoms with van der Waals surface area (Å²) in [7, 11) is 0. The quantitative estimate of drug-likeness (QED) is 0.732. The van der Waals surface area contributed by atoms with Gasteiger partial charge < -0.3 is 4.74 Å². The van der Waals surface area contributed by atoms with E-state index in [0.717, 1.165) is 25.0 Å². The topological polar surface area (TPSA) is 13.1 Å². The zero-order chi connectivity index (χ0) is 14.8. The molecule has 2 atom stereocenters. The van der Waals surface area contributed by atoms with E-state index in [-0.39, 0.29) is 0 Å². The van der Waals surface area contributed by atoms with Gasteiger partial charge in [-0.05, 0) is 43.0 Å². The Bertz CT molecular complexity index is 635. The molecule has 1 aromatic heterocycles. The molecule has 1 aromatic carbocycles. The first kappa shape index (κ1) is 14.4. The Morgan fingerprint density at radius 1 is 1.14 bits per heavy atom. The highest BCUT2D eigenvalue weighted by atomic mass is 16.5. The fourth-order valence-corrected chi connectivity index (χ4v) is 3.53. The fourth-order valence-electron chi connectivity index (χ4n) is 3.53. The number of nitrogens with zero attached hydrogens (tertiary/aromatic N) is 1. The summed E-state index contributed by atoms with van der Waals surface area (Å²) in [6, 6.07) is 9.45. The van der Waals surface area contributed by atoms with E-state index in [1.54, 1.807) is 0 Å². The van der Waals surface area contributed by atoms with Crippen LogP contribution in [0, 0.1) is 0 Å². The van der Waals surface area contributed by atoms with Crippen LogP contribution in [0.3, 0.4) is 0 Å². The van der Waals surface area contributed by atoms with E-state index in [2.05, 4.69) is 55.8 Å². The number of rotatable bonds is 5. The first-order valence-corrected chi connectivity index (χ1v) is 8.41. The molecule has 0 N–H and O–H groups in total. The van der Waals surface area contributed by atoms with Crippen molar-refractivity contribution in [3.05, 3.63) is 36.0 Å². The number of pyridine rings is 1. The Morgan fingerprint density at radius 3 is 2.71 bits per heavy atom. The summed E-state index contributed by atoms with van der Waals surface area (Å²) < 4.78 is 8.79. The number of aryl methyl sites for hydroxylation is 1. The Balaban J connectivity index is 2.13. The highest BCUT2D eigenvalue weighted by molar-refractivity contribution is 5.82. The zero-order valence-corrected chi connectivity index (χ0v) is 13.4. The predicted molar refractivity (Wildman–Crippen MR) is 86.8 cm³/mol. The summed E-state index contributed by atoms with van der Waals surface area (Å²) >= 11 is 0. The van der Waals surface area contributed by atoms with Crippen LogP contribution in [-0.4, -0.2) is 6.10 Å². The molecule has 2 unspecified atom stereocenters. The van der Waals surface area contributed by atoms with Gasteiger partial charge in [-0.1, -0.05) is 27.2 Å². The molecule has 1 aliphatic heterocycles. The second-order valence-corrected chi connectivity index (χ2v) is 6.09. The summed E-state index contributed by atoms with van der Waals surface area (Å²) in [5.74, 6) is 1.08. The summed E-state index contributed by atoms with van der Waals surface area (Å²) in [5.41, 5.74) is 2.68. The molecule has 112 valence electrons. The number of aromatic nitrogens is 1. The third-order valence-corrected chi connectivity index (χ3v) is 4.65. The van der Waals surface area contributed by atoms with Gasteiger partial charge in [0, 0.05) is 12.5 Å². The monoisotopic (exact) mass is 284 g/mol. The molecule has 2 aromatic rings. The molecule has 2 heteroatoms. The van der Waals surface area contributed by atoms with Gasteiger partial charge in [0.2, 0.25) is 0 Å².